The summed E-state index contributed by atoms with van der Waals surface area (Å²) in [4.78, 5) is 18.2. The smallest absolute Gasteiger partial charge is 0.314 e. The van der Waals surface area contributed by atoms with E-state index in [4.69, 9.17) is 14.4 Å². The zero-order chi connectivity index (χ0) is 7.11. The summed E-state index contributed by atoms with van der Waals surface area (Å²) in [6, 6.07) is 0. The summed E-state index contributed by atoms with van der Waals surface area (Å²) in [7, 11) is -3.13. The molecule has 3 N–H and O–H groups in total. The monoisotopic (exact) mass is 152 g/mol. The van der Waals surface area contributed by atoms with Gasteiger partial charge >= 0.3 is 8.25 Å². The summed E-state index contributed by atoms with van der Waals surface area (Å²) in [5.74, 6) is 0. The third-order valence-electron chi connectivity index (χ3n) is 0.568. The maximum absolute atomic E-state index is 8.74. The van der Waals surface area contributed by atoms with Crippen LogP contribution in [0, 0.1) is 0 Å². The quantitative estimate of drug-likeness (QED) is 0.388. The summed E-state index contributed by atoms with van der Waals surface area (Å²) in [5, 5.41) is 2.93. The minimum absolute atomic E-state index is 0.958. The molecule has 0 radical (unpaired) electrons. The molecule has 1 aliphatic rings. The lowest BCUT2D eigenvalue weighted by atomic mass is 10.7. The molecule has 6 heteroatoms. The van der Waals surface area contributed by atoms with Gasteiger partial charge in [0.25, 0.3) is 0 Å². The van der Waals surface area contributed by atoms with Gasteiger partial charge in [-0.25, -0.2) is 0 Å². The molecule has 0 saturated carbocycles. The Morgan fingerprint density at radius 3 is 2.33 bits per heavy atom. The third kappa shape index (κ3) is 11.3. The van der Waals surface area contributed by atoms with E-state index in [0.717, 1.165) is 13.1 Å². The van der Waals surface area contributed by atoms with Gasteiger partial charge in [-0.3, -0.25) is 9.56 Å². The van der Waals surface area contributed by atoms with Crippen LogP contribution in [0.1, 0.15) is 0 Å². The first-order chi connectivity index (χ1) is 4.23. The molecule has 1 aliphatic heterocycles. The fraction of sp³-hybridized carbons (Fsp3) is 0.667. The van der Waals surface area contributed by atoms with E-state index in [1.807, 2.05) is 0 Å². The molecule has 9 heavy (non-hydrogen) atoms. The average molecular weight is 152 g/mol. The number of nitrogens with one attached hydrogen (secondary N) is 1. The van der Waals surface area contributed by atoms with Gasteiger partial charge in [0, 0.05) is 6.54 Å². The van der Waals surface area contributed by atoms with Crippen LogP contribution in [0.4, 0.5) is 0 Å². The second-order valence-corrected chi connectivity index (χ2v) is 1.84. The highest BCUT2D eigenvalue weighted by atomic mass is 31.1. The van der Waals surface area contributed by atoms with E-state index < -0.39 is 8.25 Å². The third-order valence-corrected chi connectivity index (χ3v) is 0.568. The summed E-state index contributed by atoms with van der Waals surface area (Å²) in [6.07, 6.45) is 1.74. The second-order valence-electron chi connectivity index (χ2n) is 1.27. The van der Waals surface area contributed by atoms with E-state index in [2.05, 4.69) is 10.3 Å². The predicted octanol–water partition coefficient (Wildman–Crippen LogP) is -1.02. The largest absolute Gasteiger partial charge is 0.375 e. The summed E-state index contributed by atoms with van der Waals surface area (Å²) in [6.45, 7) is 1.99. The van der Waals surface area contributed by atoms with Gasteiger partial charge in [0.2, 0.25) is 0 Å². The highest BCUT2D eigenvalue weighted by Gasteiger charge is 1.82. The van der Waals surface area contributed by atoms with E-state index in [-0.39, 0.29) is 0 Å². The topological polar surface area (TPSA) is 81.9 Å². The van der Waals surface area contributed by atoms with Gasteiger partial charge in [0.05, 0.1) is 12.9 Å². The summed E-state index contributed by atoms with van der Waals surface area (Å²) in [5.41, 5.74) is 0. The summed E-state index contributed by atoms with van der Waals surface area (Å²) >= 11 is 0. The van der Waals surface area contributed by atoms with Crippen molar-refractivity contribution in [3.05, 3.63) is 0 Å². The molecule has 0 fully saturated rings. The highest BCUT2D eigenvalue weighted by Crippen LogP contribution is 1.98. The molecule has 0 aliphatic carbocycles. The van der Waals surface area contributed by atoms with Crippen LogP contribution in [0.2, 0.25) is 0 Å². The Morgan fingerprint density at radius 2 is 2.22 bits per heavy atom. The minimum atomic E-state index is -3.13. The number of nitrogens with zero attached hydrogens (tertiary/aromatic N) is 1. The molecular weight excluding hydrogens is 143 g/mol. The van der Waals surface area contributed by atoms with E-state index in [0.29, 0.717) is 0 Å². The van der Waals surface area contributed by atoms with Crippen LogP contribution >= 0.6 is 8.25 Å². The first-order valence-corrected chi connectivity index (χ1v) is 3.67. The number of rotatable bonds is 0. The van der Waals surface area contributed by atoms with E-state index in [9.17, 15) is 0 Å². The standard InChI is InChI=1S/C3H6N2.H3O3P/c1-2-5-3-4-1;1-4(2)3/h3H,1-2H2,(H,4,5);4H,(H2,1,2,3). The SMILES string of the molecule is C1=NCCN1.O=[PH](O)O. The van der Waals surface area contributed by atoms with E-state index >= 15 is 0 Å². The molecule has 0 aromatic heterocycles. The van der Waals surface area contributed by atoms with Gasteiger partial charge in [0.15, 0.2) is 0 Å². The molecule has 0 atom stereocenters. The molecule has 1 heterocycles. The number of aliphatic imine (C=N–C) groups is 1. The Labute approximate surface area is 53.4 Å². The minimum Gasteiger partial charge on any atom is -0.375 e. The van der Waals surface area contributed by atoms with Crippen LogP contribution in [0.3, 0.4) is 0 Å². The maximum atomic E-state index is 8.74. The van der Waals surface area contributed by atoms with Crippen LogP contribution in [0.15, 0.2) is 4.99 Å². The average Bonchev–Trinajstić information content (AvgIpc) is 2.11. The Morgan fingerprint density at radius 1 is 1.67 bits per heavy atom. The Kier molecular flexibility index (Phi) is 5.51. The maximum Gasteiger partial charge on any atom is 0.314 e. The van der Waals surface area contributed by atoms with Gasteiger partial charge in [-0.05, 0) is 0 Å². The van der Waals surface area contributed by atoms with E-state index in [1.54, 1.807) is 6.34 Å². The van der Waals surface area contributed by atoms with Crippen molar-refractivity contribution in [2.75, 3.05) is 13.1 Å². The van der Waals surface area contributed by atoms with Crippen molar-refractivity contribution in [3.63, 3.8) is 0 Å². The molecule has 1 rings (SSSR count). The molecule has 54 valence electrons. The van der Waals surface area contributed by atoms with Gasteiger partial charge in [-0.15, -0.1) is 0 Å². The molecule has 0 unspecified atom stereocenters. The van der Waals surface area contributed by atoms with Crippen LogP contribution in [0.5, 0.6) is 0 Å². The van der Waals surface area contributed by atoms with Gasteiger partial charge < -0.3 is 15.1 Å². The van der Waals surface area contributed by atoms with Crippen molar-refractivity contribution in [2.45, 2.75) is 0 Å². The lowest BCUT2D eigenvalue weighted by molar-refractivity contribution is 0.405. The lowest BCUT2D eigenvalue weighted by Gasteiger charge is -1.75. The normalized spacial score (nSPS) is 14.6. The first kappa shape index (κ1) is 8.62. The zero-order valence-electron chi connectivity index (χ0n) is 4.74. The molecule has 0 amide bonds. The molecule has 0 bridgehead atoms. The molecule has 0 saturated heterocycles. The fourth-order valence-electron chi connectivity index (χ4n) is 0.323. The van der Waals surface area contributed by atoms with Crippen molar-refractivity contribution in [3.8, 4) is 0 Å². The van der Waals surface area contributed by atoms with E-state index in [1.165, 1.54) is 0 Å². The van der Waals surface area contributed by atoms with Crippen molar-refractivity contribution in [2.24, 2.45) is 4.99 Å². The molecule has 5 nitrogen and oxygen atoms in total. The van der Waals surface area contributed by atoms with Crippen LogP contribution in [-0.4, -0.2) is 29.2 Å². The molecule has 0 aromatic carbocycles. The van der Waals surface area contributed by atoms with Crippen LogP contribution in [-0.2, 0) is 4.57 Å². The van der Waals surface area contributed by atoms with Crippen molar-refractivity contribution in [1.82, 2.24) is 5.32 Å². The van der Waals surface area contributed by atoms with Crippen molar-refractivity contribution in [1.29, 1.82) is 0 Å². The number of hydrogen-bond donors (Lipinski definition) is 3. The van der Waals surface area contributed by atoms with Crippen molar-refractivity contribution >= 4 is 14.6 Å². The van der Waals surface area contributed by atoms with Crippen LogP contribution in [0.25, 0.3) is 0 Å². The summed E-state index contributed by atoms with van der Waals surface area (Å²) < 4.78 is 8.74. The fourth-order valence-corrected chi connectivity index (χ4v) is 0.323. The Balaban J connectivity index is 0.000000148. The number of hydrogen-bond acceptors (Lipinski definition) is 3. The van der Waals surface area contributed by atoms with Crippen molar-refractivity contribution < 1.29 is 14.4 Å². The molecular formula is C3H9N2O3P. The Hall–Kier alpha value is -0.380. The Bertz CT molecular complexity index is 106. The molecule has 0 aromatic rings. The predicted molar refractivity (Wildman–Crippen MR) is 34.8 cm³/mol. The van der Waals surface area contributed by atoms with Gasteiger partial charge in [0.1, 0.15) is 0 Å². The highest BCUT2D eigenvalue weighted by molar-refractivity contribution is 7.30. The second kappa shape index (κ2) is 5.75. The van der Waals surface area contributed by atoms with Gasteiger partial charge in [-0.1, -0.05) is 0 Å². The zero-order valence-corrected chi connectivity index (χ0v) is 5.74. The first-order valence-electron chi connectivity index (χ1n) is 2.37. The van der Waals surface area contributed by atoms with Gasteiger partial charge in [-0.2, -0.15) is 0 Å². The lowest BCUT2D eigenvalue weighted by Crippen LogP contribution is -2.04. The van der Waals surface area contributed by atoms with Crippen LogP contribution < -0.4 is 5.32 Å². The molecule has 0 spiro atoms.